The van der Waals surface area contributed by atoms with Gasteiger partial charge in [-0.2, -0.15) is 0 Å². The van der Waals surface area contributed by atoms with E-state index in [0.29, 0.717) is 5.95 Å². The molecule has 10 aromatic carbocycles. The first-order valence-electron chi connectivity index (χ1n) is 23.0. The van der Waals surface area contributed by atoms with E-state index in [1.807, 2.05) is 11.3 Å². The predicted molar refractivity (Wildman–Crippen MR) is 290 cm³/mol. The van der Waals surface area contributed by atoms with Gasteiger partial charge in [-0.25, -0.2) is 9.97 Å². The van der Waals surface area contributed by atoms with Crippen molar-refractivity contribution in [1.29, 1.82) is 0 Å². The Labute approximate surface area is 397 Å². The van der Waals surface area contributed by atoms with Gasteiger partial charge >= 0.3 is 0 Å². The number of para-hydroxylation sites is 1. The molecule has 5 aromatic heterocycles. The number of benzene rings is 10. The minimum Gasteiger partial charge on any atom is -0.309 e. The zero-order valence-electron chi connectivity index (χ0n) is 36.4. The number of rotatable bonds is 5. The molecule has 4 nitrogen and oxygen atoms in total. The van der Waals surface area contributed by atoms with Gasteiger partial charge in [0.1, 0.15) is 0 Å². The predicted octanol–water partition coefficient (Wildman–Crippen LogP) is 17.6. The molecule has 68 heavy (non-hydrogen) atoms. The second-order valence-electron chi connectivity index (χ2n) is 17.7. The van der Waals surface area contributed by atoms with E-state index in [4.69, 9.17) is 9.97 Å². The maximum atomic E-state index is 5.63. The topological polar surface area (TPSA) is 35.6 Å². The number of aromatic nitrogens is 4. The molecular weight excluding hydrogens is 865 g/mol. The van der Waals surface area contributed by atoms with Crippen LogP contribution in [0.1, 0.15) is 0 Å². The number of hydrogen-bond acceptors (Lipinski definition) is 4. The monoisotopic (exact) mass is 900 g/mol. The molecule has 15 rings (SSSR count). The fraction of sp³-hybridized carbons (Fsp3) is 0. The molecule has 0 atom stereocenters. The Kier molecular flexibility index (Phi) is 8.07. The molecule has 0 aliphatic heterocycles. The Morgan fingerprint density at radius 2 is 0.956 bits per heavy atom. The summed E-state index contributed by atoms with van der Waals surface area (Å²) in [5.74, 6) is 0.658. The van der Waals surface area contributed by atoms with Gasteiger partial charge in [0.05, 0.1) is 38.0 Å². The Bertz CT molecular complexity index is 4560. The molecule has 0 aliphatic carbocycles. The summed E-state index contributed by atoms with van der Waals surface area (Å²) < 4.78 is 8.35. The highest BCUT2D eigenvalue weighted by molar-refractivity contribution is 7.25. The highest BCUT2D eigenvalue weighted by atomic mass is 32.1. The van der Waals surface area contributed by atoms with Crippen LogP contribution in [-0.4, -0.2) is 19.1 Å². The van der Waals surface area contributed by atoms with Gasteiger partial charge in [0, 0.05) is 57.8 Å². The van der Waals surface area contributed by atoms with Gasteiger partial charge in [-0.05, 0) is 117 Å². The Balaban J connectivity index is 0.976. The summed E-state index contributed by atoms with van der Waals surface area (Å²) in [5, 5.41) is 12.2. The van der Waals surface area contributed by atoms with Gasteiger partial charge in [-0.3, -0.25) is 4.57 Å². The third kappa shape index (κ3) is 5.65. The molecule has 0 N–H and O–H groups in total. The molecular formula is C62H36N4S2. The third-order valence-corrected chi connectivity index (χ3v) is 16.2. The van der Waals surface area contributed by atoms with Gasteiger partial charge < -0.3 is 4.57 Å². The zero-order valence-corrected chi connectivity index (χ0v) is 38.0. The van der Waals surface area contributed by atoms with Gasteiger partial charge in [0.15, 0.2) is 0 Å². The van der Waals surface area contributed by atoms with Crippen molar-refractivity contribution >= 4 is 118 Å². The Morgan fingerprint density at radius 1 is 0.338 bits per heavy atom. The molecule has 5 heterocycles. The summed E-state index contributed by atoms with van der Waals surface area (Å²) in [5.41, 5.74) is 12.2. The van der Waals surface area contributed by atoms with Crippen LogP contribution in [0.25, 0.3) is 140 Å². The van der Waals surface area contributed by atoms with Gasteiger partial charge in [0.2, 0.25) is 5.95 Å². The second-order valence-corrected chi connectivity index (χ2v) is 19.9. The number of nitrogens with zero attached hydrogens (tertiary/aromatic N) is 4. The molecule has 0 aliphatic rings. The minimum atomic E-state index is 0.658. The van der Waals surface area contributed by atoms with E-state index in [1.165, 1.54) is 84.9 Å². The number of fused-ring (bicyclic) bond motifs is 13. The second kappa shape index (κ2) is 14.5. The van der Waals surface area contributed by atoms with Crippen LogP contribution in [0.4, 0.5) is 0 Å². The van der Waals surface area contributed by atoms with Crippen LogP contribution in [-0.2, 0) is 0 Å². The van der Waals surface area contributed by atoms with Gasteiger partial charge in [0.25, 0.3) is 0 Å². The molecule has 0 radical (unpaired) electrons. The van der Waals surface area contributed by atoms with E-state index in [-0.39, 0.29) is 0 Å². The molecule has 0 bridgehead atoms. The van der Waals surface area contributed by atoms with E-state index < -0.39 is 0 Å². The lowest BCUT2D eigenvalue weighted by Gasteiger charge is -2.11. The largest absolute Gasteiger partial charge is 0.309 e. The molecule has 6 heteroatoms. The first kappa shape index (κ1) is 37.8. The first-order chi connectivity index (χ1) is 33.7. The maximum absolute atomic E-state index is 5.63. The van der Waals surface area contributed by atoms with Crippen LogP contribution in [0.3, 0.4) is 0 Å². The first-order valence-corrected chi connectivity index (χ1v) is 24.6. The fourth-order valence-electron chi connectivity index (χ4n) is 10.8. The van der Waals surface area contributed by atoms with Crippen molar-refractivity contribution in [3.8, 4) is 44.5 Å². The summed E-state index contributed by atoms with van der Waals surface area (Å²) in [6, 6.07) is 79.7. The lowest BCUT2D eigenvalue weighted by Crippen LogP contribution is -2.02. The van der Waals surface area contributed by atoms with Gasteiger partial charge in [-0.15, -0.1) is 22.7 Å². The van der Waals surface area contributed by atoms with Crippen molar-refractivity contribution in [2.45, 2.75) is 0 Å². The van der Waals surface area contributed by atoms with E-state index >= 15 is 0 Å². The lowest BCUT2D eigenvalue weighted by molar-refractivity contribution is 1.02. The maximum Gasteiger partial charge on any atom is 0.235 e. The normalized spacial score (nSPS) is 12.1. The van der Waals surface area contributed by atoms with Crippen molar-refractivity contribution in [1.82, 2.24) is 19.1 Å². The van der Waals surface area contributed by atoms with E-state index in [2.05, 4.69) is 228 Å². The van der Waals surface area contributed by atoms with Crippen LogP contribution in [0.5, 0.6) is 0 Å². The Hall–Kier alpha value is -8.42. The van der Waals surface area contributed by atoms with Crippen LogP contribution in [0.15, 0.2) is 218 Å². The molecule has 15 aromatic rings. The molecule has 0 amide bonds. The SMILES string of the molecule is c1ccc(-c2cc3nc(-n4c5ccc(-c6ccc7c(c6)c6c8ccccc8ccc6n7-c6ccccc6)cc5c5cc6ccccc6cc54)nc(-c4ccc5sc6ccccc6c5c4)c3s2)cc1. The van der Waals surface area contributed by atoms with Crippen molar-refractivity contribution in [3.63, 3.8) is 0 Å². The molecule has 0 saturated carbocycles. The Morgan fingerprint density at radius 3 is 1.78 bits per heavy atom. The highest BCUT2D eigenvalue weighted by Crippen LogP contribution is 2.44. The summed E-state index contributed by atoms with van der Waals surface area (Å²) >= 11 is 3.61. The standard InChI is InChI=1S/C62H36N4S2/c1-3-14-38(15-4-1)58-36-51-61(68-58)60(43-26-30-57-49(34-43)46-21-11-12-22-56(46)67-57)64-62(63-51)66-52-27-24-41(32-47(52)48-31-39-16-7-8-17-40(39)35-55(48)66)42-25-28-53-50(33-42)59-45-20-10-9-13-37(45)23-29-54(59)65(53)44-18-5-2-6-19-44/h1-36H. The molecule has 0 saturated heterocycles. The third-order valence-electron chi connectivity index (χ3n) is 13.9. The van der Waals surface area contributed by atoms with E-state index in [0.717, 1.165) is 49.1 Å². The van der Waals surface area contributed by atoms with Gasteiger partial charge in [-0.1, -0.05) is 140 Å². The average Bonchev–Trinajstić information content (AvgIpc) is 4.17. The number of hydrogen-bond donors (Lipinski definition) is 0. The van der Waals surface area contributed by atoms with Crippen LogP contribution in [0.2, 0.25) is 0 Å². The van der Waals surface area contributed by atoms with Crippen LogP contribution < -0.4 is 0 Å². The smallest absolute Gasteiger partial charge is 0.235 e. The number of thiophene rings is 2. The molecule has 0 unspecified atom stereocenters. The van der Waals surface area contributed by atoms with Crippen molar-refractivity contribution < 1.29 is 0 Å². The molecule has 316 valence electrons. The lowest BCUT2D eigenvalue weighted by atomic mass is 9.98. The summed E-state index contributed by atoms with van der Waals surface area (Å²) in [4.78, 5) is 12.3. The summed E-state index contributed by atoms with van der Waals surface area (Å²) in [6.45, 7) is 0. The van der Waals surface area contributed by atoms with Crippen molar-refractivity contribution in [2.75, 3.05) is 0 Å². The molecule has 0 spiro atoms. The van der Waals surface area contributed by atoms with Crippen LogP contribution in [0, 0.1) is 0 Å². The van der Waals surface area contributed by atoms with E-state index in [9.17, 15) is 0 Å². The fourth-order valence-corrected chi connectivity index (χ4v) is 13.0. The zero-order chi connectivity index (χ0) is 44.5. The van der Waals surface area contributed by atoms with Crippen molar-refractivity contribution in [3.05, 3.63) is 218 Å². The van der Waals surface area contributed by atoms with E-state index in [1.54, 1.807) is 11.3 Å². The summed E-state index contributed by atoms with van der Waals surface area (Å²) in [7, 11) is 0. The average molecular weight is 901 g/mol. The van der Waals surface area contributed by atoms with Crippen molar-refractivity contribution in [2.24, 2.45) is 0 Å². The highest BCUT2D eigenvalue weighted by Gasteiger charge is 2.22. The van der Waals surface area contributed by atoms with Crippen LogP contribution >= 0.6 is 22.7 Å². The minimum absolute atomic E-state index is 0.658. The summed E-state index contributed by atoms with van der Waals surface area (Å²) in [6.07, 6.45) is 0. The quantitative estimate of drug-likeness (QED) is 0.173. The molecule has 0 fully saturated rings.